The molecule has 0 spiro atoms. The van der Waals surface area contributed by atoms with Gasteiger partial charge >= 0.3 is 0 Å². The quantitative estimate of drug-likeness (QED) is 0.713. The summed E-state index contributed by atoms with van der Waals surface area (Å²) in [5.74, 6) is -0.727. The number of nitrogens with zero attached hydrogens (tertiary/aromatic N) is 1. The Kier molecular flexibility index (Phi) is 1.81. The highest BCUT2D eigenvalue weighted by atomic mass is 19.1. The minimum absolute atomic E-state index is 0.112. The molecular formula is C9H5F2N2. The number of H-pyrrole nitrogens is 1. The summed E-state index contributed by atoms with van der Waals surface area (Å²) < 4.78 is 25.8. The van der Waals surface area contributed by atoms with E-state index in [9.17, 15) is 8.78 Å². The third-order valence-corrected chi connectivity index (χ3v) is 1.63. The number of rotatable bonds is 1. The molecule has 0 saturated carbocycles. The summed E-state index contributed by atoms with van der Waals surface area (Å²) in [5, 5.41) is 0. The van der Waals surface area contributed by atoms with E-state index < -0.39 is 11.6 Å². The van der Waals surface area contributed by atoms with Crippen LogP contribution >= 0.6 is 0 Å². The van der Waals surface area contributed by atoms with Gasteiger partial charge in [-0.2, -0.15) is 0 Å². The van der Waals surface area contributed by atoms with Crippen molar-refractivity contribution in [3.05, 3.63) is 42.2 Å². The van der Waals surface area contributed by atoms with Crippen LogP contribution in [0.5, 0.6) is 0 Å². The lowest BCUT2D eigenvalue weighted by Gasteiger charge is -1.98. The van der Waals surface area contributed by atoms with Gasteiger partial charge in [-0.3, -0.25) is 0 Å². The van der Waals surface area contributed by atoms with Crippen molar-refractivity contribution in [1.29, 1.82) is 0 Å². The lowest BCUT2D eigenvalue weighted by Crippen LogP contribution is -1.87. The molecule has 65 valence electrons. The predicted molar refractivity (Wildman–Crippen MR) is 42.8 cm³/mol. The van der Waals surface area contributed by atoms with Crippen molar-refractivity contribution in [2.24, 2.45) is 0 Å². The van der Waals surface area contributed by atoms with Crippen molar-refractivity contribution in [2.45, 2.75) is 0 Å². The number of imidazole rings is 1. The van der Waals surface area contributed by atoms with E-state index >= 15 is 0 Å². The molecule has 1 heterocycles. The van der Waals surface area contributed by atoms with E-state index in [1.54, 1.807) is 0 Å². The highest BCUT2D eigenvalue weighted by Crippen LogP contribution is 2.19. The zero-order chi connectivity index (χ0) is 9.26. The summed E-state index contributed by atoms with van der Waals surface area (Å²) >= 11 is 0. The van der Waals surface area contributed by atoms with Gasteiger partial charge in [0.1, 0.15) is 23.7 Å². The molecule has 13 heavy (non-hydrogen) atoms. The Morgan fingerprint density at radius 3 is 2.85 bits per heavy atom. The first-order chi connectivity index (χ1) is 6.27. The van der Waals surface area contributed by atoms with E-state index in [1.807, 2.05) is 0 Å². The number of aromatic nitrogens is 2. The van der Waals surface area contributed by atoms with Crippen molar-refractivity contribution in [2.75, 3.05) is 0 Å². The fourth-order valence-corrected chi connectivity index (χ4v) is 1.05. The van der Waals surface area contributed by atoms with Crippen LogP contribution < -0.4 is 0 Å². The first-order valence-electron chi connectivity index (χ1n) is 3.64. The Balaban J connectivity index is 2.57. The number of benzene rings is 1. The summed E-state index contributed by atoms with van der Waals surface area (Å²) in [6.45, 7) is 0. The van der Waals surface area contributed by atoms with Crippen LogP contribution in [0.1, 0.15) is 0 Å². The zero-order valence-electron chi connectivity index (χ0n) is 6.51. The van der Waals surface area contributed by atoms with Crippen LogP contribution in [0.4, 0.5) is 8.78 Å². The Labute approximate surface area is 73.2 Å². The summed E-state index contributed by atoms with van der Waals surface area (Å²) in [6.07, 6.45) is 3.91. The topological polar surface area (TPSA) is 28.7 Å². The molecule has 0 fully saturated rings. The van der Waals surface area contributed by atoms with E-state index in [1.165, 1.54) is 6.20 Å². The molecule has 2 rings (SSSR count). The largest absolute Gasteiger partial charge is 0.344 e. The Hall–Kier alpha value is -1.71. The molecule has 0 unspecified atom stereocenters. The molecule has 0 atom stereocenters. The second-order valence-corrected chi connectivity index (χ2v) is 2.50. The molecule has 2 aromatic rings. The summed E-state index contributed by atoms with van der Waals surface area (Å²) in [6, 6.07) is 3.21. The number of hydrogen-bond donors (Lipinski definition) is 1. The van der Waals surface area contributed by atoms with Gasteiger partial charge < -0.3 is 4.98 Å². The summed E-state index contributed by atoms with van der Waals surface area (Å²) in [4.78, 5) is 6.35. The molecule has 0 aliphatic rings. The first kappa shape index (κ1) is 7.91. The van der Waals surface area contributed by atoms with E-state index in [-0.39, 0.29) is 11.4 Å². The first-order valence-corrected chi connectivity index (χ1v) is 3.64. The zero-order valence-corrected chi connectivity index (χ0v) is 6.51. The van der Waals surface area contributed by atoms with Gasteiger partial charge in [0.15, 0.2) is 0 Å². The molecule has 4 heteroatoms. The van der Waals surface area contributed by atoms with Gasteiger partial charge in [-0.05, 0) is 18.2 Å². The summed E-state index contributed by atoms with van der Waals surface area (Å²) in [5.41, 5.74) is 0.112. The van der Waals surface area contributed by atoms with Crippen molar-refractivity contribution in [3.63, 3.8) is 0 Å². The molecule has 1 aromatic carbocycles. The van der Waals surface area contributed by atoms with Crippen molar-refractivity contribution >= 4 is 0 Å². The standard InChI is InChI=1S/C9H5F2N2/c10-6-1-2-8(11)7(5-6)9-12-3-4-13-9/h1-3,5H,(H,12,13). The minimum atomic E-state index is -0.509. The van der Waals surface area contributed by atoms with Gasteiger partial charge in [0.2, 0.25) is 0 Å². The third-order valence-electron chi connectivity index (χ3n) is 1.63. The van der Waals surface area contributed by atoms with Crippen LogP contribution in [0.25, 0.3) is 11.4 Å². The highest BCUT2D eigenvalue weighted by Gasteiger charge is 2.07. The van der Waals surface area contributed by atoms with Gasteiger partial charge in [-0.1, -0.05) is 0 Å². The van der Waals surface area contributed by atoms with Gasteiger partial charge in [0.05, 0.1) is 5.56 Å². The monoisotopic (exact) mass is 179 g/mol. The number of aromatic amines is 1. The maximum absolute atomic E-state index is 13.1. The predicted octanol–water partition coefficient (Wildman–Crippen LogP) is 2.16. The van der Waals surface area contributed by atoms with Gasteiger partial charge in [0.25, 0.3) is 0 Å². The fourth-order valence-electron chi connectivity index (χ4n) is 1.05. The van der Waals surface area contributed by atoms with E-state index in [0.29, 0.717) is 0 Å². The smallest absolute Gasteiger partial charge is 0.141 e. The molecule has 1 aromatic heterocycles. The van der Waals surface area contributed by atoms with Crippen molar-refractivity contribution in [3.8, 4) is 11.4 Å². The normalized spacial score (nSPS) is 10.3. The molecular weight excluding hydrogens is 174 g/mol. The van der Waals surface area contributed by atoms with E-state index in [0.717, 1.165) is 18.2 Å². The third kappa shape index (κ3) is 1.42. The molecule has 0 bridgehead atoms. The van der Waals surface area contributed by atoms with Crippen LogP contribution in [-0.4, -0.2) is 9.97 Å². The molecule has 0 aliphatic heterocycles. The highest BCUT2D eigenvalue weighted by molar-refractivity contribution is 5.55. The molecule has 1 N–H and O–H groups in total. The lowest BCUT2D eigenvalue weighted by molar-refractivity contribution is 0.602. The van der Waals surface area contributed by atoms with E-state index in [2.05, 4.69) is 16.2 Å². The maximum Gasteiger partial charge on any atom is 0.141 e. The fraction of sp³-hybridized carbons (Fsp3) is 0. The van der Waals surface area contributed by atoms with E-state index in [4.69, 9.17) is 0 Å². The van der Waals surface area contributed by atoms with Crippen LogP contribution in [0.3, 0.4) is 0 Å². The molecule has 2 nitrogen and oxygen atoms in total. The van der Waals surface area contributed by atoms with Gasteiger partial charge in [-0.15, -0.1) is 0 Å². The van der Waals surface area contributed by atoms with Gasteiger partial charge in [-0.25, -0.2) is 13.8 Å². The summed E-state index contributed by atoms with van der Waals surface area (Å²) in [7, 11) is 0. The average Bonchev–Trinajstić information content (AvgIpc) is 2.61. The minimum Gasteiger partial charge on any atom is -0.344 e. The van der Waals surface area contributed by atoms with Crippen LogP contribution in [0.2, 0.25) is 0 Å². The van der Waals surface area contributed by atoms with Crippen LogP contribution in [0, 0.1) is 17.8 Å². The Bertz CT molecular complexity index is 410. The van der Waals surface area contributed by atoms with Crippen molar-refractivity contribution in [1.82, 2.24) is 9.97 Å². The Morgan fingerprint density at radius 1 is 1.31 bits per heavy atom. The molecule has 0 saturated heterocycles. The maximum atomic E-state index is 13.1. The number of halogens is 2. The SMILES string of the molecule is Fc1ccc(F)c(-c2n[c]c[nH]2)c1. The Morgan fingerprint density at radius 2 is 2.15 bits per heavy atom. The molecule has 0 amide bonds. The van der Waals surface area contributed by atoms with Crippen LogP contribution in [0.15, 0.2) is 24.4 Å². The van der Waals surface area contributed by atoms with Gasteiger partial charge in [0, 0.05) is 6.20 Å². The lowest BCUT2D eigenvalue weighted by atomic mass is 10.2. The molecule has 0 aliphatic carbocycles. The second kappa shape index (κ2) is 2.97. The molecule has 1 radical (unpaired) electrons. The average molecular weight is 179 g/mol. The van der Waals surface area contributed by atoms with Crippen LogP contribution in [-0.2, 0) is 0 Å². The number of nitrogens with one attached hydrogen (secondary N) is 1. The second-order valence-electron chi connectivity index (χ2n) is 2.50. The number of hydrogen-bond acceptors (Lipinski definition) is 1. The van der Waals surface area contributed by atoms with Crippen molar-refractivity contribution < 1.29 is 8.78 Å².